The van der Waals surface area contributed by atoms with Gasteiger partial charge in [0.2, 0.25) is 5.82 Å². The minimum Gasteiger partial charge on any atom is -0.388 e. The molecule has 17 heavy (non-hydrogen) atoms. The van der Waals surface area contributed by atoms with E-state index in [1.165, 1.54) is 6.92 Å². The highest BCUT2D eigenvalue weighted by atomic mass is 19.1. The van der Waals surface area contributed by atoms with E-state index in [-0.39, 0.29) is 0 Å². The van der Waals surface area contributed by atoms with Gasteiger partial charge in [-0.25, -0.2) is 4.79 Å². The average molecular weight is 246 g/mol. The molecule has 0 saturated carbocycles. The Morgan fingerprint density at radius 2 is 2.06 bits per heavy atom. The predicted molar refractivity (Wildman–Crippen MR) is 52.9 cm³/mol. The number of nitrogens with one attached hydrogen (secondary N) is 1. The third kappa shape index (κ3) is 1.90. The van der Waals surface area contributed by atoms with Crippen molar-refractivity contribution in [2.24, 2.45) is 0 Å². The Bertz CT molecular complexity index is 539. The summed E-state index contributed by atoms with van der Waals surface area (Å²) in [6, 6.07) is 0. The van der Waals surface area contributed by atoms with E-state index >= 15 is 0 Å². The first-order valence-electron chi connectivity index (χ1n) is 4.94. The van der Waals surface area contributed by atoms with Gasteiger partial charge in [0.1, 0.15) is 12.2 Å². The van der Waals surface area contributed by atoms with Crippen LogP contribution in [-0.2, 0) is 4.74 Å². The molecular weight excluding hydrogens is 235 g/mol. The van der Waals surface area contributed by atoms with E-state index in [1.54, 1.807) is 4.98 Å². The van der Waals surface area contributed by atoms with Gasteiger partial charge in [-0.1, -0.05) is 0 Å². The molecule has 1 aromatic heterocycles. The number of aliphatic hydroxyl groups excluding tert-OH is 2. The van der Waals surface area contributed by atoms with E-state index in [0.717, 1.165) is 0 Å². The standard InChI is InChI=1S/C9H11FN2O5/c1-3-5(13)6(14)8(17-3)12-2-4(10)7(15)11-9(12)16/h2-3,5-6,8,13-14H,1H3,(H,11,15,16)/t3?,5?,6?,8-/m1/s1. The van der Waals surface area contributed by atoms with E-state index in [9.17, 15) is 24.2 Å². The maximum absolute atomic E-state index is 13.0. The number of H-pyrrole nitrogens is 1. The summed E-state index contributed by atoms with van der Waals surface area (Å²) < 4.78 is 18.9. The SMILES string of the molecule is CC1O[C@@H](n2cc(F)c(=O)[nH]c2=O)C(O)C1O. The number of aromatic amines is 1. The van der Waals surface area contributed by atoms with Crippen LogP contribution in [0.1, 0.15) is 13.2 Å². The van der Waals surface area contributed by atoms with Crippen LogP contribution in [-0.4, -0.2) is 38.1 Å². The summed E-state index contributed by atoms with van der Waals surface area (Å²) in [6.07, 6.45) is -3.83. The summed E-state index contributed by atoms with van der Waals surface area (Å²) in [5.74, 6) is -1.17. The van der Waals surface area contributed by atoms with Crippen molar-refractivity contribution in [2.75, 3.05) is 0 Å². The molecule has 1 aliphatic rings. The molecule has 3 unspecified atom stereocenters. The summed E-state index contributed by atoms with van der Waals surface area (Å²) in [4.78, 5) is 24.0. The molecule has 1 fully saturated rings. The van der Waals surface area contributed by atoms with E-state index in [4.69, 9.17) is 4.74 Å². The lowest BCUT2D eigenvalue weighted by atomic mass is 10.1. The summed E-state index contributed by atoms with van der Waals surface area (Å²) in [7, 11) is 0. The summed E-state index contributed by atoms with van der Waals surface area (Å²) in [5.41, 5.74) is -2.06. The molecule has 2 heterocycles. The van der Waals surface area contributed by atoms with Crippen LogP contribution in [0.15, 0.2) is 15.8 Å². The van der Waals surface area contributed by atoms with Crippen LogP contribution in [0.25, 0.3) is 0 Å². The fourth-order valence-electron chi connectivity index (χ4n) is 1.71. The van der Waals surface area contributed by atoms with Crippen molar-refractivity contribution in [1.82, 2.24) is 9.55 Å². The first kappa shape index (κ1) is 12.0. The summed E-state index contributed by atoms with van der Waals surface area (Å²) >= 11 is 0. The Morgan fingerprint density at radius 3 is 2.59 bits per heavy atom. The maximum atomic E-state index is 13.0. The molecule has 3 N–H and O–H groups in total. The van der Waals surface area contributed by atoms with Crippen molar-refractivity contribution in [3.05, 3.63) is 32.9 Å². The van der Waals surface area contributed by atoms with E-state index in [1.807, 2.05) is 0 Å². The molecule has 8 heteroatoms. The minimum absolute atomic E-state index is 0.639. The van der Waals surface area contributed by atoms with Gasteiger partial charge in [-0.05, 0) is 6.92 Å². The second-order valence-corrected chi connectivity index (χ2v) is 3.86. The van der Waals surface area contributed by atoms with Gasteiger partial charge in [0.15, 0.2) is 6.23 Å². The van der Waals surface area contributed by atoms with Gasteiger partial charge in [-0.15, -0.1) is 0 Å². The van der Waals surface area contributed by atoms with Crippen molar-refractivity contribution < 1.29 is 19.3 Å². The second-order valence-electron chi connectivity index (χ2n) is 3.86. The lowest BCUT2D eigenvalue weighted by Gasteiger charge is -2.16. The Labute approximate surface area is 94.1 Å². The number of ether oxygens (including phenoxy) is 1. The zero-order valence-corrected chi connectivity index (χ0v) is 8.83. The molecule has 7 nitrogen and oxygen atoms in total. The van der Waals surface area contributed by atoms with Crippen molar-refractivity contribution in [3.8, 4) is 0 Å². The molecule has 2 rings (SSSR count). The fraction of sp³-hybridized carbons (Fsp3) is 0.556. The Balaban J connectivity index is 2.46. The molecule has 0 amide bonds. The number of hydrogen-bond donors (Lipinski definition) is 3. The third-order valence-corrected chi connectivity index (χ3v) is 2.68. The van der Waals surface area contributed by atoms with Gasteiger partial charge in [-0.3, -0.25) is 14.3 Å². The number of aromatic nitrogens is 2. The molecular formula is C9H11FN2O5. The van der Waals surface area contributed by atoms with Crippen LogP contribution in [0.5, 0.6) is 0 Å². The van der Waals surface area contributed by atoms with Crippen LogP contribution in [0, 0.1) is 5.82 Å². The number of halogens is 1. The molecule has 0 radical (unpaired) electrons. The molecule has 0 aromatic carbocycles. The highest BCUT2D eigenvalue weighted by Crippen LogP contribution is 2.27. The topological polar surface area (TPSA) is 105 Å². The number of nitrogens with zero attached hydrogens (tertiary/aromatic N) is 1. The lowest BCUT2D eigenvalue weighted by molar-refractivity contribution is -0.0356. The molecule has 0 aliphatic carbocycles. The smallest absolute Gasteiger partial charge is 0.330 e. The Hall–Kier alpha value is -1.51. The van der Waals surface area contributed by atoms with Crippen molar-refractivity contribution in [3.63, 3.8) is 0 Å². The van der Waals surface area contributed by atoms with Crippen molar-refractivity contribution >= 4 is 0 Å². The zero-order valence-electron chi connectivity index (χ0n) is 8.83. The van der Waals surface area contributed by atoms with Gasteiger partial charge in [0.05, 0.1) is 12.3 Å². The van der Waals surface area contributed by atoms with Gasteiger partial charge in [-0.2, -0.15) is 4.39 Å². The van der Waals surface area contributed by atoms with Crippen LogP contribution in [0.4, 0.5) is 4.39 Å². The minimum atomic E-state index is -1.37. The van der Waals surface area contributed by atoms with Gasteiger partial charge < -0.3 is 14.9 Å². The van der Waals surface area contributed by atoms with Crippen LogP contribution in [0.2, 0.25) is 0 Å². The van der Waals surface area contributed by atoms with Gasteiger partial charge in [0.25, 0.3) is 5.56 Å². The second kappa shape index (κ2) is 4.06. The summed E-state index contributed by atoms with van der Waals surface area (Å²) in [5, 5.41) is 19.1. The lowest BCUT2D eigenvalue weighted by Crippen LogP contribution is -2.38. The van der Waals surface area contributed by atoms with Gasteiger partial charge in [0, 0.05) is 0 Å². The molecule has 1 saturated heterocycles. The quantitative estimate of drug-likeness (QED) is 0.548. The van der Waals surface area contributed by atoms with Crippen LogP contribution in [0.3, 0.4) is 0 Å². The van der Waals surface area contributed by atoms with Crippen molar-refractivity contribution in [2.45, 2.75) is 31.5 Å². The van der Waals surface area contributed by atoms with Crippen LogP contribution >= 0.6 is 0 Å². The molecule has 0 spiro atoms. The Morgan fingerprint density at radius 1 is 1.41 bits per heavy atom. The normalized spacial score (nSPS) is 32.9. The van der Waals surface area contributed by atoms with E-state index < -0.39 is 41.6 Å². The average Bonchev–Trinajstić information content (AvgIpc) is 2.51. The largest absolute Gasteiger partial charge is 0.388 e. The van der Waals surface area contributed by atoms with Gasteiger partial charge >= 0.3 is 5.69 Å². The fourth-order valence-corrected chi connectivity index (χ4v) is 1.71. The van der Waals surface area contributed by atoms with E-state index in [0.29, 0.717) is 10.8 Å². The molecule has 94 valence electrons. The zero-order chi connectivity index (χ0) is 12.7. The molecule has 1 aliphatic heterocycles. The molecule has 1 aromatic rings. The van der Waals surface area contributed by atoms with Crippen LogP contribution < -0.4 is 11.2 Å². The molecule has 0 bridgehead atoms. The van der Waals surface area contributed by atoms with Crippen molar-refractivity contribution in [1.29, 1.82) is 0 Å². The van der Waals surface area contributed by atoms with E-state index in [2.05, 4.69) is 0 Å². The number of hydrogen-bond acceptors (Lipinski definition) is 5. The highest BCUT2D eigenvalue weighted by Gasteiger charge is 2.41. The predicted octanol–water partition coefficient (Wildman–Crippen LogP) is -1.69. The summed E-state index contributed by atoms with van der Waals surface area (Å²) in [6.45, 7) is 1.50. The first-order valence-corrected chi connectivity index (χ1v) is 4.94. The monoisotopic (exact) mass is 246 g/mol. The maximum Gasteiger partial charge on any atom is 0.330 e. The number of rotatable bonds is 1. The highest BCUT2D eigenvalue weighted by molar-refractivity contribution is 4.93. The molecule has 4 atom stereocenters. The first-order chi connectivity index (χ1) is 7.91. The Kier molecular flexibility index (Phi) is 2.86. The number of aliphatic hydroxyl groups is 2. The third-order valence-electron chi connectivity index (χ3n) is 2.68.